The number of allylic oxidation sites excluding steroid dienone is 2. The molecule has 3 rings (SSSR count). The number of amides is 1. The van der Waals surface area contributed by atoms with Crippen LogP contribution >= 0.6 is 0 Å². The van der Waals surface area contributed by atoms with Crippen LogP contribution < -0.4 is 10.1 Å². The van der Waals surface area contributed by atoms with Crippen molar-refractivity contribution >= 4 is 12.0 Å². The molecule has 0 saturated carbocycles. The quantitative estimate of drug-likeness (QED) is 0.514. The van der Waals surface area contributed by atoms with Gasteiger partial charge in [0.1, 0.15) is 29.4 Å². The van der Waals surface area contributed by atoms with Crippen molar-refractivity contribution in [1.82, 2.24) is 20.2 Å². The number of carbonyl (C=O) groups is 1. The fourth-order valence-corrected chi connectivity index (χ4v) is 4.06. The van der Waals surface area contributed by atoms with E-state index in [2.05, 4.69) is 28.0 Å². The number of imidazole rings is 1. The van der Waals surface area contributed by atoms with E-state index in [0.717, 1.165) is 31.5 Å². The number of nitrogens with zero attached hydrogens (tertiary/aromatic N) is 2. The number of hydrogen-bond donors (Lipinski definition) is 3. The SMILES string of the molecule is C/C=C\C(=C/c1ncc(-c2cc(O)c(C(=O)NCC(F)(F)F)c(OC)c2)[nH]1)C1CCCN(C)C1. The predicted octanol–water partition coefficient (Wildman–Crippen LogP) is 4.38. The summed E-state index contributed by atoms with van der Waals surface area (Å²) in [4.78, 5) is 22.1. The lowest BCUT2D eigenvalue weighted by Crippen LogP contribution is -2.33. The molecule has 1 aromatic heterocycles. The van der Waals surface area contributed by atoms with Crippen LogP contribution in [0.1, 0.15) is 35.9 Å². The maximum Gasteiger partial charge on any atom is 0.405 e. The number of phenolic OH excluding ortho intramolecular Hbond substituents is 1. The van der Waals surface area contributed by atoms with Crippen LogP contribution in [0.3, 0.4) is 0 Å². The normalized spacial score (nSPS) is 17.8. The number of piperidine rings is 1. The Kier molecular flexibility index (Phi) is 8.03. The van der Waals surface area contributed by atoms with E-state index in [0.29, 0.717) is 23.0 Å². The van der Waals surface area contributed by atoms with E-state index in [1.54, 1.807) is 11.5 Å². The molecule has 1 aliphatic heterocycles. The van der Waals surface area contributed by atoms with Gasteiger partial charge in [0.05, 0.1) is 19.0 Å². The van der Waals surface area contributed by atoms with E-state index in [9.17, 15) is 23.1 Å². The van der Waals surface area contributed by atoms with Crippen molar-refractivity contribution in [3.05, 3.63) is 47.4 Å². The van der Waals surface area contributed by atoms with Gasteiger partial charge < -0.3 is 25.0 Å². The Morgan fingerprint density at radius 3 is 2.82 bits per heavy atom. The average Bonchev–Trinajstić information content (AvgIpc) is 3.24. The zero-order valence-corrected chi connectivity index (χ0v) is 19.4. The molecule has 1 atom stereocenters. The number of H-pyrrole nitrogens is 1. The number of halogens is 3. The molecule has 184 valence electrons. The third-order valence-electron chi connectivity index (χ3n) is 5.64. The van der Waals surface area contributed by atoms with Crippen molar-refractivity contribution in [2.75, 3.05) is 33.8 Å². The number of ether oxygens (including phenoxy) is 1. The molecule has 34 heavy (non-hydrogen) atoms. The van der Waals surface area contributed by atoms with Crippen LogP contribution in [0.25, 0.3) is 17.3 Å². The minimum Gasteiger partial charge on any atom is -0.507 e. The van der Waals surface area contributed by atoms with E-state index in [-0.39, 0.29) is 11.3 Å². The van der Waals surface area contributed by atoms with Gasteiger partial charge in [-0.15, -0.1) is 0 Å². The van der Waals surface area contributed by atoms with E-state index >= 15 is 0 Å². The van der Waals surface area contributed by atoms with Crippen LogP contribution in [-0.2, 0) is 0 Å². The first-order valence-electron chi connectivity index (χ1n) is 11.0. The lowest BCUT2D eigenvalue weighted by atomic mass is 9.90. The summed E-state index contributed by atoms with van der Waals surface area (Å²) in [7, 11) is 3.38. The first-order chi connectivity index (χ1) is 16.1. The number of methoxy groups -OCH3 is 1. The second-order valence-electron chi connectivity index (χ2n) is 8.30. The second kappa shape index (κ2) is 10.8. The topological polar surface area (TPSA) is 90.5 Å². The lowest BCUT2D eigenvalue weighted by molar-refractivity contribution is -0.123. The van der Waals surface area contributed by atoms with Crippen molar-refractivity contribution in [3.63, 3.8) is 0 Å². The highest BCUT2D eigenvalue weighted by molar-refractivity contribution is 6.00. The monoisotopic (exact) mass is 478 g/mol. The molecule has 3 N–H and O–H groups in total. The molecule has 0 aliphatic carbocycles. The lowest BCUT2D eigenvalue weighted by Gasteiger charge is -2.30. The minimum atomic E-state index is -4.57. The van der Waals surface area contributed by atoms with Gasteiger partial charge in [-0.05, 0) is 63.1 Å². The van der Waals surface area contributed by atoms with Gasteiger partial charge in [0, 0.05) is 12.1 Å². The molecule has 1 aliphatic rings. The van der Waals surface area contributed by atoms with Crippen molar-refractivity contribution in [2.45, 2.75) is 25.9 Å². The molecule has 10 heteroatoms. The van der Waals surface area contributed by atoms with E-state index < -0.39 is 24.4 Å². The van der Waals surface area contributed by atoms with Gasteiger partial charge in [-0.2, -0.15) is 13.2 Å². The number of hydrogen-bond acceptors (Lipinski definition) is 5. The number of aromatic amines is 1. The smallest absolute Gasteiger partial charge is 0.405 e. The molecule has 1 fully saturated rings. The van der Waals surface area contributed by atoms with Crippen molar-refractivity contribution in [2.24, 2.45) is 5.92 Å². The summed E-state index contributed by atoms with van der Waals surface area (Å²) in [5, 5.41) is 12.1. The first kappa shape index (κ1) is 25.4. The highest BCUT2D eigenvalue weighted by Crippen LogP contribution is 2.34. The number of nitrogens with one attached hydrogen (secondary N) is 2. The molecule has 7 nitrogen and oxygen atoms in total. The van der Waals surface area contributed by atoms with Gasteiger partial charge in [-0.1, -0.05) is 12.2 Å². The van der Waals surface area contributed by atoms with Crippen LogP contribution in [0, 0.1) is 5.92 Å². The summed E-state index contributed by atoms with van der Waals surface area (Å²) < 4.78 is 42.5. The van der Waals surface area contributed by atoms with Crippen LogP contribution in [0.4, 0.5) is 13.2 Å². The van der Waals surface area contributed by atoms with Gasteiger partial charge in [-0.25, -0.2) is 4.98 Å². The van der Waals surface area contributed by atoms with E-state index in [1.807, 2.05) is 19.1 Å². The number of carbonyl (C=O) groups excluding carboxylic acids is 1. The largest absolute Gasteiger partial charge is 0.507 e. The Morgan fingerprint density at radius 1 is 1.41 bits per heavy atom. The molecule has 0 bridgehead atoms. The Morgan fingerprint density at radius 2 is 2.18 bits per heavy atom. The number of aromatic nitrogens is 2. The number of benzene rings is 1. The Bertz CT molecular complexity index is 1080. The average molecular weight is 479 g/mol. The highest BCUT2D eigenvalue weighted by atomic mass is 19.4. The van der Waals surface area contributed by atoms with E-state index in [1.165, 1.54) is 19.2 Å². The number of alkyl halides is 3. The Hall–Kier alpha value is -3.27. The Balaban J connectivity index is 1.87. The van der Waals surface area contributed by atoms with Gasteiger partial charge in [0.15, 0.2) is 0 Å². The summed E-state index contributed by atoms with van der Waals surface area (Å²) in [6, 6.07) is 2.75. The molecular weight excluding hydrogens is 449 g/mol. The number of likely N-dealkylation sites (tertiary alicyclic amines) is 1. The highest BCUT2D eigenvalue weighted by Gasteiger charge is 2.29. The zero-order valence-electron chi connectivity index (χ0n) is 19.4. The fourth-order valence-electron chi connectivity index (χ4n) is 4.06. The molecular formula is C24H29F3N4O3. The van der Waals surface area contributed by atoms with Gasteiger partial charge in [0.25, 0.3) is 5.91 Å². The van der Waals surface area contributed by atoms with Crippen LogP contribution in [0.2, 0.25) is 0 Å². The van der Waals surface area contributed by atoms with Gasteiger partial charge >= 0.3 is 6.18 Å². The third-order valence-corrected chi connectivity index (χ3v) is 5.64. The molecule has 1 unspecified atom stereocenters. The predicted molar refractivity (Wildman–Crippen MR) is 124 cm³/mol. The summed E-state index contributed by atoms with van der Waals surface area (Å²) >= 11 is 0. The fraction of sp³-hybridized carbons (Fsp3) is 0.417. The number of rotatable bonds is 7. The molecule has 2 heterocycles. The first-order valence-corrected chi connectivity index (χ1v) is 11.0. The molecule has 1 saturated heterocycles. The molecule has 0 spiro atoms. The second-order valence-corrected chi connectivity index (χ2v) is 8.30. The zero-order chi connectivity index (χ0) is 24.9. The molecule has 2 aromatic rings. The summed E-state index contributed by atoms with van der Waals surface area (Å²) in [6.07, 6.45) is 5.30. The van der Waals surface area contributed by atoms with Crippen LogP contribution in [-0.4, -0.2) is 65.8 Å². The number of phenols is 1. The van der Waals surface area contributed by atoms with Gasteiger partial charge in [-0.3, -0.25) is 4.79 Å². The number of aromatic hydroxyl groups is 1. The molecule has 1 aromatic carbocycles. The van der Waals surface area contributed by atoms with E-state index in [4.69, 9.17) is 4.74 Å². The standard InChI is InChI=1S/C24H29F3N4O3/c1-4-6-15(16-7-5-8-31(2)13-16)11-21-28-12-18(30-21)17-9-19(32)22(20(10-17)34-3)23(33)29-14-24(25,26)27/h4,6,9-12,16,32H,5,7-8,13-14H2,1-3H3,(H,28,30)(H,29,33)/b6-4-,15-11+. The Labute approximate surface area is 196 Å². The summed E-state index contributed by atoms with van der Waals surface area (Å²) in [5.74, 6) is -0.620. The maximum absolute atomic E-state index is 12.4. The maximum atomic E-state index is 12.4. The molecule has 0 radical (unpaired) electrons. The summed E-state index contributed by atoms with van der Waals surface area (Å²) in [6.45, 7) is 2.50. The van der Waals surface area contributed by atoms with Gasteiger partial charge in [0.2, 0.25) is 0 Å². The van der Waals surface area contributed by atoms with Crippen molar-refractivity contribution in [3.8, 4) is 22.8 Å². The van der Waals surface area contributed by atoms with Crippen molar-refractivity contribution < 1.29 is 27.8 Å². The molecule has 1 amide bonds. The van der Waals surface area contributed by atoms with Crippen molar-refractivity contribution in [1.29, 1.82) is 0 Å². The summed E-state index contributed by atoms with van der Waals surface area (Å²) in [5.41, 5.74) is 1.82. The van der Waals surface area contributed by atoms with Crippen LogP contribution in [0.5, 0.6) is 11.5 Å². The van der Waals surface area contributed by atoms with Crippen LogP contribution in [0.15, 0.2) is 36.1 Å². The minimum absolute atomic E-state index is 0.0544. The third kappa shape index (κ3) is 6.40.